The molecule has 0 saturated heterocycles. The fourth-order valence-corrected chi connectivity index (χ4v) is 0. The van der Waals surface area contributed by atoms with Gasteiger partial charge in [0.15, 0.2) is 0 Å². The Morgan fingerprint density at radius 1 is 1.20 bits per heavy atom. The molecule has 3 nitrogen and oxygen atoms in total. The number of nitrogens with two attached hydrogens (primary N) is 2. The summed E-state index contributed by atoms with van der Waals surface area (Å²) in [6, 6.07) is 0. The second-order valence-corrected chi connectivity index (χ2v) is 0. The van der Waals surface area contributed by atoms with Crippen LogP contribution in [0.4, 0.5) is 0 Å². The van der Waals surface area contributed by atoms with E-state index in [1.807, 2.05) is 0 Å². The summed E-state index contributed by atoms with van der Waals surface area (Å²) < 4.78 is 0. The lowest BCUT2D eigenvalue weighted by atomic mass is 11.8. The van der Waals surface area contributed by atoms with Crippen LogP contribution in [-0.2, 0) is 0 Å². The molecule has 4 heteroatoms. The molecule has 0 radical (unpaired) electrons. The van der Waals surface area contributed by atoms with Crippen molar-refractivity contribution in [3.05, 3.63) is 0 Å². The molecule has 5 N–H and O–H groups in total. The molecule has 0 fully saturated rings. The van der Waals surface area contributed by atoms with Crippen molar-refractivity contribution in [2.75, 3.05) is 7.11 Å². The SMILES string of the molecule is CO.Cl.NN. The number of rotatable bonds is 0. The third-order valence-corrected chi connectivity index (χ3v) is 0. The van der Waals surface area contributed by atoms with Crippen LogP contribution in [-0.4, -0.2) is 12.2 Å². The smallest absolute Gasteiger partial charge is 0.0319 e. The molecule has 0 heterocycles. The molecular formula is CH9ClN2O. The summed E-state index contributed by atoms with van der Waals surface area (Å²) in [7, 11) is 1.00. The maximum atomic E-state index is 7.00. The van der Waals surface area contributed by atoms with Gasteiger partial charge in [-0.05, 0) is 0 Å². The van der Waals surface area contributed by atoms with Crippen LogP contribution in [0.1, 0.15) is 0 Å². The summed E-state index contributed by atoms with van der Waals surface area (Å²) in [5.74, 6) is 8.00. The maximum absolute atomic E-state index is 7.00. The van der Waals surface area contributed by atoms with Gasteiger partial charge < -0.3 is 5.11 Å². The van der Waals surface area contributed by atoms with E-state index in [0.29, 0.717) is 0 Å². The Morgan fingerprint density at radius 3 is 1.20 bits per heavy atom. The van der Waals surface area contributed by atoms with E-state index >= 15 is 0 Å². The van der Waals surface area contributed by atoms with Gasteiger partial charge in [0.1, 0.15) is 0 Å². The third-order valence-electron chi connectivity index (χ3n) is 0. The molecule has 0 spiro atoms. The summed E-state index contributed by atoms with van der Waals surface area (Å²) in [5, 5.41) is 7.00. The van der Waals surface area contributed by atoms with Gasteiger partial charge in [-0.2, -0.15) is 0 Å². The van der Waals surface area contributed by atoms with Crippen LogP contribution in [0, 0.1) is 0 Å². The summed E-state index contributed by atoms with van der Waals surface area (Å²) in [5.41, 5.74) is 0. The zero-order valence-corrected chi connectivity index (χ0v) is 3.83. The molecule has 0 atom stereocenters. The number of aliphatic hydroxyl groups is 1. The minimum Gasteiger partial charge on any atom is -0.400 e. The topological polar surface area (TPSA) is 72.3 Å². The second-order valence-electron chi connectivity index (χ2n) is 0. The van der Waals surface area contributed by atoms with Crippen LogP contribution in [0.3, 0.4) is 0 Å². The molecule has 36 valence electrons. The summed E-state index contributed by atoms with van der Waals surface area (Å²) in [4.78, 5) is 0. The van der Waals surface area contributed by atoms with E-state index in [1.165, 1.54) is 0 Å². The van der Waals surface area contributed by atoms with Crippen molar-refractivity contribution in [3.63, 3.8) is 0 Å². The molecule has 0 unspecified atom stereocenters. The Morgan fingerprint density at radius 2 is 1.20 bits per heavy atom. The highest BCUT2D eigenvalue weighted by Crippen LogP contribution is 0.755. The molecule has 0 amide bonds. The highest BCUT2D eigenvalue weighted by Gasteiger charge is 0.839. The standard InChI is InChI=1S/CH4O.ClH.H4N2/c1-2;;1-2/h2H,1H3;1H;1-2H2. The maximum Gasteiger partial charge on any atom is 0.0319 e. The second kappa shape index (κ2) is 1450. The van der Waals surface area contributed by atoms with Crippen LogP contribution < -0.4 is 11.7 Å². The molecule has 0 aromatic rings. The molecule has 0 bridgehead atoms. The molecule has 0 aliphatic rings. The van der Waals surface area contributed by atoms with Crippen molar-refractivity contribution in [2.45, 2.75) is 0 Å². The van der Waals surface area contributed by atoms with Crippen molar-refractivity contribution < 1.29 is 5.11 Å². The summed E-state index contributed by atoms with van der Waals surface area (Å²) in [6.45, 7) is 0. The number of hydrazine groups is 1. The van der Waals surface area contributed by atoms with Gasteiger partial charge in [0, 0.05) is 7.11 Å². The van der Waals surface area contributed by atoms with Crippen LogP contribution in [0.15, 0.2) is 0 Å². The first-order valence-corrected chi connectivity index (χ1v) is 0.781. The number of hydrogen-bond acceptors (Lipinski definition) is 3. The minimum atomic E-state index is 0. The van der Waals surface area contributed by atoms with Crippen LogP contribution in [0.2, 0.25) is 0 Å². The zero-order valence-electron chi connectivity index (χ0n) is 3.01. The number of aliphatic hydroxyl groups excluding tert-OH is 1. The number of hydrogen-bond donors (Lipinski definition) is 3. The first-order valence-electron chi connectivity index (χ1n) is 0.781. The monoisotopic (exact) mass is 100 g/mol. The Balaban J connectivity index is -0.0000000133. The van der Waals surface area contributed by atoms with Gasteiger partial charge in [-0.25, -0.2) is 0 Å². The first-order chi connectivity index (χ1) is 2.00. The van der Waals surface area contributed by atoms with E-state index in [-0.39, 0.29) is 12.4 Å². The van der Waals surface area contributed by atoms with E-state index in [0.717, 1.165) is 7.11 Å². The van der Waals surface area contributed by atoms with E-state index in [1.54, 1.807) is 0 Å². The van der Waals surface area contributed by atoms with Gasteiger partial charge in [0.25, 0.3) is 0 Å². The minimum absolute atomic E-state index is 0. The van der Waals surface area contributed by atoms with E-state index in [9.17, 15) is 0 Å². The van der Waals surface area contributed by atoms with E-state index in [4.69, 9.17) is 5.11 Å². The van der Waals surface area contributed by atoms with Gasteiger partial charge in [0.05, 0.1) is 0 Å². The van der Waals surface area contributed by atoms with Crippen molar-refractivity contribution in [1.29, 1.82) is 0 Å². The Hall–Kier alpha value is 0.170. The Labute approximate surface area is 37.3 Å². The molecule has 0 aromatic heterocycles. The first kappa shape index (κ1) is 19.1. The fraction of sp³-hybridized carbons (Fsp3) is 1.00. The van der Waals surface area contributed by atoms with Crippen molar-refractivity contribution >= 4 is 12.4 Å². The van der Waals surface area contributed by atoms with E-state index in [2.05, 4.69) is 11.7 Å². The zero-order chi connectivity index (χ0) is 4.00. The van der Waals surface area contributed by atoms with Gasteiger partial charge in [-0.1, -0.05) is 0 Å². The van der Waals surface area contributed by atoms with Gasteiger partial charge in [-0.3, -0.25) is 11.7 Å². The van der Waals surface area contributed by atoms with E-state index < -0.39 is 0 Å². The highest BCUT2D eigenvalue weighted by molar-refractivity contribution is 5.85. The molecule has 0 rings (SSSR count). The molecular weight excluding hydrogens is 91.5 g/mol. The lowest BCUT2D eigenvalue weighted by Crippen LogP contribution is -2.02. The predicted octanol–water partition coefficient (Wildman–Crippen LogP) is -1.15. The third kappa shape index (κ3) is 679. The molecule has 0 aliphatic heterocycles. The van der Waals surface area contributed by atoms with Crippen molar-refractivity contribution in [3.8, 4) is 0 Å². The van der Waals surface area contributed by atoms with Crippen LogP contribution >= 0.6 is 12.4 Å². The highest BCUT2D eigenvalue weighted by atomic mass is 35.5. The average Bonchev–Trinajstić information content (AvgIpc) is 1.50. The van der Waals surface area contributed by atoms with Crippen molar-refractivity contribution in [2.24, 2.45) is 11.7 Å². The van der Waals surface area contributed by atoms with Crippen molar-refractivity contribution in [1.82, 2.24) is 0 Å². The van der Waals surface area contributed by atoms with Crippen LogP contribution in [0.25, 0.3) is 0 Å². The van der Waals surface area contributed by atoms with Gasteiger partial charge in [0.2, 0.25) is 0 Å². The summed E-state index contributed by atoms with van der Waals surface area (Å²) in [6.07, 6.45) is 0. The normalized spacial score (nSPS) is 2.40. The largest absolute Gasteiger partial charge is 0.400 e. The number of halogens is 1. The molecule has 5 heavy (non-hydrogen) atoms. The summed E-state index contributed by atoms with van der Waals surface area (Å²) >= 11 is 0. The molecule has 0 aliphatic carbocycles. The lowest BCUT2D eigenvalue weighted by molar-refractivity contribution is 0.399. The van der Waals surface area contributed by atoms with Gasteiger partial charge >= 0.3 is 0 Å². The molecule has 0 aromatic carbocycles. The van der Waals surface area contributed by atoms with Gasteiger partial charge in [-0.15, -0.1) is 12.4 Å². The fourth-order valence-electron chi connectivity index (χ4n) is 0. The predicted molar refractivity (Wildman–Crippen MR) is 23.8 cm³/mol. The Kier molecular flexibility index (Phi) is 5540. The Bertz CT molecular complexity index is 9.61. The lowest BCUT2D eigenvalue weighted by Gasteiger charge is -1.27. The van der Waals surface area contributed by atoms with Crippen LogP contribution in [0.5, 0.6) is 0 Å². The average molecular weight is 101 g/mol. The molecule has 0 saturated carbocycles. The quantitative estimate of drug-likeness (QED) is 0.266.